The number of anilines is 1. The maximum absolute atomic E-state index is 11.0. The fourth-order valence-corrected chi connectivity index (χ4v) is 2.17. The molecule has 0 radical (unpaired) electrons. The molecule has 0 saturated heterocycles. The van der Waals surface area contributed by atoms with Crippen molar-refractivity contribution in [2.45, 2.75) is 38.8 Å². The quantitative estimate of drug-likeness (QED) is 0.823. The summed E-state index contributed by atoms with van der Waals surface area (Å²) < 4.78 is 5.43. The lowest BCUT2D eigenvalue weighted by Crippen LogP contribution is -2.42. The van der Waals surface area contributed by atoms with E-state index in [0.29, 0.717) is 0 Å². The highest BCUT2D eigenvalue weighted by Crippen LogP contribution is 2.23. The smallest absolute Gasteiger partial charge is 0.323 e. The maximum Gasteiger partial charge on any atom is 0.323 e. The van der Waals surface area contributed by atoms with Gasteiger partial charge in [-0.2, -0.15) is 0 Å². The Balaban J connectivity index is 2.88. The summed E-state index contributed by atoms with van der Waals surface area (Å²) in [5.74, 6) is -0.828. The van der Waals surface area contributed by atoms with Gasteiger partial charge in [-0.05, 0) is 39.3 Å². The number of methoxy groups -OCH3 is 1. The monoisotopic (exact) mass is 265 g/mol. The van der Waals surface area contributed by atoms with Crippen molar-refractivity contribution in [2.24, 2.45) is 0 Å². The molecule has 0 spiro atoms. The van der Waals surface area contributed by atoms with Gasteiger partial charge in [0.15, 0.2) is 0 Å². The molecule has 0 fully saturated rings. The Kier molecular flexibility index (Phi) is 5.36. The number of para-hydroxylation sites is 1. The van der Waals surface area contributed by atoms with Crippen LogP contribution in [0.4, 0.5) is 5.69 Å². The van der Waals surface area contributed by atoms with Crippen molar-refractivity contribution < 1.29 is 14.6 Å². The predicted octanol–water partition coefficient (Wildman–Crippen LogP) is 2.78. The molecule has 4 heteroatoms. The molecule has 0 aliphatic rings. The van der Waals surface area contributed by atoms with E-state index in [0.717, 1.165) is 12.1 Å². The first-order valence-corrected chi connectivity index (χ1v) is 6.44. The fourth-order valence-electron chi connectivity index (χ4n) is 2.17. The molecule has 0 aliphatic carbocycles. The first kappa shape index (κ1) is 15.5. The zero-order chi connectivity index (χ0) is 14.5. The normalized spacial score (nSPS) is 13.1. The van der Waals surface area contributed by atoms with Crippen LogP contribution in [0.1, 0.15) is 27.2 Å². The minimum Gasteiger partial charge on any atom is -0.480 e. The molecular weight excluding hydrogens is 242 g/mol. The van der Waals surface area contributed by atoms with Crippen LogP contribution in [0.2, 0.25) is 0 Å². The van der Waals surface area contributed by atoms with E-state index in [-0.39, 0.29) is 18.2 Å². The summed E-state index contributed by atoms with van der Waals surface area (Å²) >= 11 is 0. The van der Waals surface area contributed by atoms with Gasteiger partial charge in [0, 0.05) is 18.8 Å². The van der Waals surface area contributed by atoms with Gasteiger partial charge in [0.2, 0.25) is 0 Å². The highest BCUT2D eigenvalue weighted by Gasteiger charge is 2.25. The third kappa shape index (κ3) is 4.91. The molecule has 1 N–H and O–H groups in total. The highest BCUT2D eigenvalue weighted by atomic mass is 16.5. The summed E-state index contributed by atoms with van der Waals surface area (Å²) in [6.07, 6.45) is 0.756. The largest absolute Gasteiger partial charge is 0.480 e. The van der Waals surface area contributed by atoms with Crippen LogP contribution >= 0.6 is 0 Å². The first-order valence-electron chi connectivity index (χ1n) is 6.44. The molecule has 0 heterocycles. The molecule has 1 unspecified atom stereocenters. The van der Waals surface area contributed by atoms with Crippen molar-refractivity contribution in [3.05, 3.63) is 30.3 Å². The van der Waals surface area contributed by atoms with E-state index < -0.39 is 5.97 Å². The third-order valence-corrected chi connectivity index (χ3v) is 3.27. The predicted molar refractivity (Wildman–Crippen MR) is 76.6 cm³/mol. The van der Waals surface area contributed by atoms with Crippen LogP contribution in [0.25, 0.3) is 0 Å². The van der Waals surface area contributed by atoms with Crippen LogP contribution in [0.3, 0.4) is 0 Å². The van der Waals surface area contributed by atoms with E-state index in [9.17, 15) is 4.79 Å². The third-order valence-electron chi connectivity index (χ3n) is 3.27. The number of hydrogen-bond donors (Lipinski definition) is 1. The van der Waals surface area contributed by atoms with Crippen molar-refractivity contribution in [1.82, 2.24) is 0 Å². The van der Waals surface area contributed by atoms with E-state index in [1.54, 1.807) is 7.11 Å². The van der Waals surface area contributed by atoms with Crippen LogP contribution < -0.4 is 4.90 Å². The minimum absolute atomic E-state index is 0.00895. The van der Waals surface area contributed by atoms with Crippen LogP contribution in [-0.2, 0) is 9.53 Å². The van der Waals surface area contributed by atoms with Crippen LogP contribution in [0, 0.1) is 0 Å². The van der Waals surface area contributed by atoms with E-state index in [1.165, 1.54) is 0 Å². The van der Waals surface area contributed by atoms with Crippen molar-refractivity contribution in [3.8, 4) is 0 Å². The lowest BCUT2D eigenvalue weighted by atomic mass is 9.98. The Morgan fingerprint density at radius 2 is 1.95 bits per heavy atom. The van der Waals surface area contributed by atoms with Gasteiger partial charge in [-0.25, -0.2) is 0 Å². The van der Waals surface area contributed by atoms with Crippen LogP contribution in [0.5, 0.6) is 0 Å². The van der Waals surface area contributed by atoms with E-state index in [4.69, 9.17) is 9.84 Å². The number of carbonyl (C=O) groups is 1. The number of nitrogens with zero attached hydrogens (tertiary/aromatic N) is 1. The van der Waals surface area contributed by atoms with Gasteiger partial charge in [-0.15, -0.1) is 0 Å². The lowest BCUT2D eigenvalue weighted by molar-refractivity contribution is -0.135. The Labute approximate surface area is 115 Å². The molecule has 1 atom stereocenters. The van der Waals surface area contributed by atoms with Crippen molar-refractivity contribution in [2.75, 3.05) is 18.6 Å². The Morgan fingerprint density at radius 1 is 1.37 bits per heavy atom. The van der Waals surface area contributed by atoms with Crippen molar-refractivity contribution in [3.63, 3.8) is 0 Å². The summed E-state index contributed by atoms with van der Waals surface area (Å²) in [4.78, 5) is 12.9. The van der Waals surface area contributed by atoms with Crippen LogP contribution in [0.15, 0.2) is 30.3 Å². The summed E-state index contributed by atoms with van der Waals surface area (Å²) in [6.45, 7) is 6.03. The van der Waals surface area contributed by atoms with Gasteiger partial charge >= 0.3 is 5.97 Å². The summed E-state index contributed by atoms with van der Waals surface area (Å²) in [7, 11) is 1.68. The zero-order valence-electron chi connectivity index (χ0n) is 12.1. The molecular formula is C15H23NO3. The summed E-state index contributed by atoms with van der Waals surface area (Å²) in [5, 5.41) is 9.08. The summed E-state index contributed by atoms with van der Waals surface area (Å²) in [6, 6.07) is 9.69. The topological polar surface area (TPSA) is 49.8 Å². The lowest BCUT2D eigenvalue weighted by Gasteiger charge is -2.35. The number of carboxylic acids is 1. The van der Waals surface area contributed by atoms with Gasteiger partial charge in [0.25, 0.3) is 0 Å². The zero-order valence-corrected chi connectivity index (χ0v) is 12.1. The molecule has 19 heavy (non-hydrogen) atoms. The van der Waals surface area contributed by atoms with Gasteiger partial charge in [-0.1, -0.05) is 18.2 Å². The molecule has 1 aromatic rings. The van der Waals surface area contributed by atoms with Crippen molar-refractivity contribution >= 4 is 11.7 Å². The number of benzene rings is 1. The van der Waals surface area contributed by atoms with Crippen LogP contribution in [-0.4, -0.2) is 36.4 Å². The molecule has 0 amide bonds. The molecule has 1 aromatic carbocycles. The second kappa shape index (κ2) is 6.57. The fraction of sp³-hybridized carbons (Fsp3) is 0.533. The average Bonchev–Trinajstić information content (AvgIpc) is 2.36. The maximum atomic E-state index is 11.0. The molecule has 0 aliphatic heterocycles. The van der Waals surface area contributed by atoms with Gasteiger partial charge in [0.1, 0.15) is 6.54 Å². The molecule has 0 saturated carbocycles. The van der Waals surface area contributed by atoms with Gasteiger partial charge in [-0.3, -0.25) is 4.79 Å². The molecule has 0 bridgehead atoms. The average molecular weight is 265 g/mol. The molecule has 106 valence electrons. The van der Waals surface area contributed by atoms with Crippen molar-refractivity contribution in [1.29, 1.82) is 0 Å². The second-order valence-corrected chi connectivity index (χ2v) is 5.37. The number of aliphatic carboxylic acids is 1. The van der Waals surface area contributed by atoms with E-state index in [1.807, 2.05) is 56.0 Å². The van der Waals surface area contributed by atoms with E-state index >= 15 is 0 Å². The summed E-state index contributed by atoms with van der Waals surface area (Å²) in [5.41, 5.74) is 0.648. The molecule has 1 rings (SSSR count). The van der Waals surface area contributed by atoms with Gasteiger partial charge in [0.05, 0.1) is 5.60 Å². The standard InChI is InChI=1S/C15H23NO3/c1-12(10-15(2,3)19-4)16(11-14(17)18)13-8-6-5-7-9-13/h5-9,12H,10-11H2,1-4H3,(H,17,18). The second-order valence-electron chi connectivity index (χ2n) is 5.37. The Hall–Kier alpha value is -1.55. The molecule has 0 aromatic heterocycles. The Bertz CT molecular complexity index is 403. The Morgan fingerprint density at radius 3 is 2.42 bits per heavy atom. The number of carboxylic acid groups (broad SMARTS) is 1. The van der Waals surface area contributed by atoms with Gasteiger partial charge < -0.3 is 14.7 Å². The number of hydrogen-bond acceptors (Lipinski definition) is 3. The molecule has 4 nitrogen and oxygen atoms in total. The SMILES string of the molecule is COC(C)(C)CC(C)N(CC(=O)O)c1ccccc1. The highest BCUT2D eigenvalue weighted by molar-refractivity contribution is 5.74. The first-order chi connectivity index (χ1) is 8.85. The van der Waals surface area contributed by atoms with E-state index in [2.05, 4.69) is 0 Å². The number of rotatable bonds is 7. The number of ether oxygens (including phenoxy) is 1. The minimum atomic E-state index is -0.828.